The lowest BCUT2D eigenvalue weighted by Gasteiger charge is -2.14. The molecule has 2 rings (SSSR count). The van der Waals surface area contributed by atoms with E-state index in [9.17, 15) is 13.2 Å². The van der Waals surface area contributed by atoms with Crippen LogP contribution in [0.2, 0.25) is 0 Å². The number of aromatic nitrogens is 1. The summed E-state index contributed by atoms with van der Waals surface area (Å²) in [6.07, 6.45) is 1.35. The van der Waals surface area contributed by atoms with E-state index >= 15 is 0 Å². The molecule has 1 aromatic rings. The number of nitrogens with zero attached hydrogens (tertiary/aromatic N) is 2. The van der Waals surface area contributed by atoms with Gasteiger partial charge in [0.2, 0.25) is 0 Å². The van der Waals surface area contributed by atoms with Crippen LogP contribution < -0.4 is 0 Å². The minimum atomic E-state index is -3.82. The van der Waals surface area contributed by atoms with Crippen molar-refractivity contribution < 1.29 is 13.2 Å². The summed E-state index contributed by atoms with van der Waals surface area (Å²) in [7, 11) is -3.82. The average molecular weight is 270 g/mol. The zero-order chi connectivity index (χ0) is 12.6. The maximum Gasteiger partial charge on any atom is 0.285 e. The van der Waals surface area contributed by atoms with Gasteiger partial charge in [0.15, 0.2) is 5.03 Å². The molecule has 1 aliphatic rings. The molecule has 0 aromatic carbocycles. The Morgan fingerprint density at radius 2 is 2.24 bits per heavy atom. The highest BCUT2D eigenvalue weighted by Gasteiger charge is 2.42. The highest BCUT2D eigenvalue weighted by atomic mass is 32.2. The summed E-state index contributed by atoms with van der Waals surface area (Å²) in [6, 6.07) is 2.98. The summed E-state index contributed by atoms with van der Waals surface area (Å²) in [5.41, 5.74) is 0.664. The van der Waals surface area contributed by atoms with Gasteiger partial charge in [-0.25, -0.2) is 9.29 Å². The van der Waals surface area contributed by atoms with Gasteiger partial charge >= 0.3 is 0 Å². The molecule has 0 saturated carbocycles. The number of fused-ring (bicyclic) bond motifs is 1. The minimum Gasteiger partial charge on any atom is -0.268 e. The molecule has 0 aliphatic carbocycles. The number of hydrogen-bond donors (Lipinski definition) is 1. The zero-order valence-corrected chi connectivity index (χ0v) is 10.5. The average Bonchev–Trinajstić information content (AvgIpc) is 2.51. The SMILES string of the molecule is C=C(CS)CN1C(=O)c2cccnc2S1(=O)=O. The minimum absolute atomic E-state index is 0.0545. The predicted octanol–water partition coefficient (Wildman–Crippen LogP) is 0.712. The smallest absolute Gasteiger partial charge is 0.268 e. The molecule has 1 amide bonds. The molecule has 1 aliphatic heterocycles. The third-order valence-corrected chi connectivity index (χ3v) is 4.49. The van der Waals surface area contributed by atoms with E-state index in [1.807, 2.05) is 0 Å². The van der Waals surface area contributed by atoms with Gasteiger partial charge in [0.25, 0.3) is 15.9 Å². The molecule has 0 radical (unpaired) electrons. The molecule has 0 saturated heterocycles. The first-order valence-electron chi connectivity index (χ1n) is 4.78. The van der Waals surface area contributed by atoms with Gasteiger partial charge in [-0.1, -0.05) is 6.58 Å². The van der Waals surface area contributed by atoms with Crippen molar-refractivity contribution in [1.82, 2.24) is 9.29 Å². The second-order valence-electron chi connectivity index (χ2n) is 3.58. The van der Waals surface area contributed by atoms with Crippen LogP contribution in [0.4, 0.5) is 0 Å². The van der Waals surface area contributed by atoms with E-state index in [0.29, 0.717) is 11.3 Å². The monoisotopic (exact) mass is 270 g/mol. The fourth-order valence-electron chi connectivity index (χ4n) is 1.52. The van der Waals surface area contributed by atoms with Gasteiger partial charge in [-0.05, 0) is 17.7 Å². The summed E-state index contributed by atoms with van der Waals surface area (Å²) >= 11 is 3.99. The lowest BCUT2D eigenvalue weighted by molar-refractivity contribution is 0.0878. The van der Waals surface area contributed by atoms with Crippen LogP contribution in [0.25, 0.3) is 0 Å². The quantitative estimate of drug-likeness (QED) is 0.649. The summed E-state index contributed by atoms with van der Waals surface area (Å²) in [4.78, 5) is 15.7. The standard InChI is InChI=1S/C10H10N2O3S2/c1-7(6-16)5-12-10(13)8-3-2-4-11-9(8)17(12,14)15/h2-4,16H,1,5-6H2. The normalized spacial score (nSPS) is 17.0. The number of thiol groups is 1. The molecule has 0 N–H and O–H groups in total. The van der Waals surface area contributed by atoms with Crippen LogP contribution in [-0.2, 0) is 10.0 Å². The van der Waals surface area contributed by atoms with Crippen molar-refractivity contribution in [2.75, 3.05) is 12.3 Å². The van der Waals surface area contributed by atoms with E-state index in [-0.39, 0.29) is 17.1 Å². The molecule has 0 spiro atoms. The van der Waals surface area contributed by atoms with Gasteiger partial charge in [-0.3, -0.25) is 4.79 Å². The lowest BCUT2D eigenvalue weighted by Crippen LogP contribution is -2.32. The van der Waals surface area contributed by atoms with E-state index < -0.39 is 15.9 Å². The molecule has 90 valence electrons. The predicted molar refractivity (Wildman–Crippen MR) is 65.5 cm³/mol. The fourth-order valence-corrected chi connectivity index (χ4v) is 3.12. The third kappa shape index (κ3) is 1.85. The molecule has 2 heterocycles. The highest BCUT2D eigenvalue weighted by Crippen LogP contribution is 2.28. The molecule has 1 aromatic heterocycles. The number of hydrogen-bond acceptors (Lipinski definition) is 5. The van der Waals surface area contributed by atoms with E-state index in [1.54, 1.807) is 0 Å². The Balaban J connectivity index is 2.48. The first-order valence-corrected chi connectivity index (χ1v) is 6.85. The maximum absolute atomic E-state index is 12.0. The van der Waals surface area contributed by atoms with Crippen LogP contribution in [0.3, 0.4) is 0 Å². The molecular formula is C10H10N2O3S2. The molecule has 0 bridgehead atoms. The Labute approximate surface area is 105 Å². The van der Waals surface area contributed by atoms with Crippen molar-refractivity contribution in [3.63, 3.8) is 0 Å². The maximum atomic E-state index is 12.0. The number of rotatable bonds is 3. The third-order valence-electron chi connectivity index (χ3n) is 2.35. The largest absolute Gasteiger partial charge is 0.285 e. The van der Waals surface area contributed by atoms with Crippen LogP contribution in [0, 0.1) is 0 Å². The molecule has 17 heavy (non-hydrogen) atoms. The van der Waals surface area contributed by atoms with Gasteiger partial charge in [0.05, 0.1) is 12.1 Å². The Morgan fingerprint density at radius 3 is 2.82 bits per heavy atom. The van der Waals surface area contributed by atoms with Crippen molar-refractivity contribution in [2.24, 2.45) is 0 Å². The molecule has 0 atom stereocenters. The summed E-state index contributed by atoms with van der Waals surface area (Å²) in [5, 5.41) is -0.183. The van der Waals surface area contributed by atoms with Crippen LogP contribution in [0.1, 0.15) is 10.4 Å². The number of carbonyl (C=O) groups is 1. The number of pyridine rings is 1. The molecule has 5 nitrogen and oxygen atoms in total. The van der Waals surface area contributed by atoms with Crippen molar-refractivity contribution >= 4 is 28.6 Å². The summed E-state index contributed by atoms with van der Waals surface area (Å²) in [5.74, 6) is -0.237. The lowest BCUT2D eigenvalue weighted by atomic mass is 10.2. The Kier molecular flexibility index (Phi) is 2.96. The molecule has 0 fully saturated rings. The van der Waals surface area contributed by atoms with Gasteiger partial charge < -0.3 is 0 Å². The number of amides is 1. The molecule has 7 heteroatoms. The molecule has 0 unspecified atom stereocenters. The fraction of sp³-hybridized carbons (Fsp3) is 0.200. The van der Waals surface area contributed by atoms with E-state index in [2.05, 4.69) is 24.2 Å². The van der Waals surface area contributed by atoms with Crippen molar-refractivity contribution in [1.29, 1.82) is 0 Å². The van der Waals surface area contributed by atoms with E-state index in [4.69, 9.17) is 0 Å². The summed E-state index contributed by atoms with van der Waals surface area (Å²) < 4.78 is 24.8. The zero-order valence-electron chi connectivity index (χ0n) is 8.83. The topological polar surface area (TPSA) is 67.3 Å². The van der Waals surface area contributed by atoms with Crippen LogP contribution in [0.5, 0.6) is 0 Å². The van der Waals surface area contributed by atoms with Crippen molar-refractivity contribution in [3.8, 4) is 0 Å². The van der Waals surface area contributed by atoms with Gasteiger partial charge in [0, 0.05) is 11.9 Å². The number of sulfonamides is 1. The number of carbonyl (C=O) groups excluding carboxylic acids is 1. The van der Waals surface area contributed by atoms with Crippen LogP contribution >= 0.6 is 12.6 Å². The Morgan fingerprint density at radius 1 is 1.53 bits per heavy atom. The van der Waals surface area contributed by atoms with Crippen molar-refractivity contribution in [3.05, 3.63) is 36.0 Å². The van der Waals surface area contributed by atoms with E-state index in [1.165, 1.54) is 18.3 Å². The van der Waals surface area contributed by atoms with Gasteiger partial charge in [-0.15, -0.1) is 0 Å². The summed E-state index contributed by atoms with van der Waals surface area (Å²) in [6.45, 7) is 3.59. The second-order valence-corrected chi connectivity index (χ2v) is 5.67. The van der Waals surface area contributed by atoms with E-state index in [0.717, 1.165) is 4.31 Å². The van der Waals surface area contributed by atoms with Crippen LogP contribution in [0.15, 0.2) is 35.5 Å². The van der Waals surface area contributed by atoms with Gasteiger partial charge in [-0.2, -0.15) is 21.0 Å². The van der Waals surface area contributed by atoms with Crippen LogP contribution in [-0.4, -0.2) is 35.9 Å². The van der Waals surface area contributed by atoms with Gasteiger partial charge in [0.1, 0.15) is 0 Å². The van der Waals surface area contributed by atoms with Crippen molar-refractivity contribution in [2.45, 2.75) is 5.03 Å². The Bertz CT molecular complexity index is 595. The second kappa shape index (κ2) is 4.15. The highest BCUT2D eigenvalue weighted by molar-refractivity contribution is 7.90. The first kappa shape index (κ1) is 12.1. The first-order chi connectivity index (χ1) is 7.98. The molecular weight excluding hydrogens is 260 g/mol. The Hall–Kier alpha value is -1.34.